The smallest absolute Gasteiger partial charge is 0.312 e. The summed E-state index contributed by atoms with van der Waals surface area (Å²) in [4.78, 5) is 29.6. The number of rotatable bonds is 5. The molecule has 3 aromatic rings. The Morgan fingerprint density at radius 1 is 0.781 bits per heavy atom. The van der Waals surface area contributed by atoms with Crippen molar-refractivity contribution in [3.8, 4) is 5.75 Å². The normalized spacial score (nSPS) is 13.7. The fourth-order valence-corrected chi connectivity index (χ4v) is 4.03. The lowest BCUT2D eigenvalue weighted by atomic mass is 9.98. The maximum atomic E-state index is 12.9. The Morgan fingerprint density at radius 3 is 1.88 bits per heavy atom. The molecule has 1 heterocycles. The number of piperazine rings is 1. The highest BCUT2D eigenvalue weighted by atomic mass is 16.5. The van der Waals surface area contributed by atoms with Crippen molar-refractivity contribution in [2.45, 2.75) is 6.04 Å². The molecule has 0 saturated carbocycles. The number of ether oxygens (including phenoxy) is 1. The zero-order valence-electron chi connectivity index (χ0n) is 18.1. The van der Waals surface area contributed by atoms with Crippen molar-refractivity contribution in [2.24, 2.45) is 0 Å². The van der Waals surface area contributed by atoms with E-state index < -0.39 is 11.8 Å². The van der Waals surface area contributed by atoms with Crippen LogP contribution in [0.3, 0.4) is 0 Å². The number of anilines is 1. The van der Waals surface area contributed by atoms with Crippen LogP contribution >= 0.6 is 0 Å². The molecule has 0 aliphatic carbocycles. The molecule has 1 fully saturated rings. The molecule has 1 aliphatic rings. The standard InChI is InChI=1S/C26H27N3O3/c1-32-23-15-9-8-14-22(23)28-16-18-29(19-17-28)26(31)25(30)27-24(20-10-4-2-5-11-20)21-12-6-3-7-13-21/h2-15,24H,16-19H2,1H3,(H,27,30). The summed E-state index contributed by atoms with van der Waals surface area (Å²) in [5.41, 5.74) is 2.86. The lowest BCUT2D eigenvalue weighted by Gasteiger charge is -2.36. The monoisotopic (exact) mass is 429 g/mol. The molecular weight excluding hydrogens is 402 g/mol. The number of hydrogen-bond acceptors (Lipinski definition) is 4. The molecule has 0 radical (unpaired) electrons. The Labute approximate surface area is 188 Å². The van der Waals surface area contributed by atoms with Crippen LogP contribution < -0.4 is 15.0 Å². The zero-order valence-corrected chi connectivity index (χ0v) is 18.1. The average Bonchev–Trinajstić information content (AvgIpc) is 2.87. The number of nitrogens with one attached hydrogen (secondary N) is 1. The fourth-order valence-electron chi connectivity index (χ4n) is 4.03. The highest BCUT2D eigenvalue weighted by Crippen LogP contribution is 2.28. The second-order valence-electron chi connectivity index (χ2n) is 7.68. The second-order valence-corrected chi connectivity index (χ2v) is 7.68. The van der Waals surface area contributed by atoms with Crippen molar-refractivity contribution in [1.29, 1.82) is 0 Å². The van der Waals surface area contributed by atoms with Gasteiger partial charge in [0.1, 0.15) is 5.75 Å². The van der Waals surface area contributed by atoms with Crippen molar-refractivity contribution in [2.75, 3.05) is 38.2 Å². The number of nitrogens with zero attached hydrogens (tertiary/aromatic N) is 2. The van der Waals surface area contributed by atoms with Gasteiger partial charge in [0.15, 0.2) is 0 Å². The summed E-state index contributed by atoms with van der Waals surface area (Å²) in [6.45, 7) is 2.23. The number of para-hydroxylation sites is 2. The Bertz CT molecular complexity index is 1010. The first-order chi connectivity index (χ1) is 15.7. The van der Waals surface area contributed by atoms with Crippen LogP contribution in [-0.2, 0) is 9.59 Å². The Balaban J connectivity index is 1.43. The molecule has 1 N–H and O–H groups in total. The molecule has 0 aromatic heterocycles. The summed E-state index contributed by atoms with van der Waals surface area (Å²) in [7, 11) is 1.65. The molecule has 3 aromatic carbocycles. The van der Waals surface area contributed by atoms with Gasteiger partial charge in [-0.25, -0.2) is 0 Å². The maximum absolute atomic E-state index is 12.9. The van der Waals surface area contributed by atoms with Gasteiger partial charge in [-0.3, -0.25) is 9.59 Å². The van der Waals surface area contributed by atoms with Gasteiger partial charge in [0, 0.05) is 26.2 Å². The first-order valence-electron chi connectivity index (χ1n) is 10.7. The first kappa shape index (κ1) is 21.4. The minimum atomic E-state index is -0.589. The summed E-state index contributed by atoms with van der Waals surface area (Å²) in [5.74, 6) is -0.284. The third-order valence-corrected chi connectivity index (χ3v) is 5.73. The molecule has 4 rings (SSSR count). The summed E-state index contributed by atoms with van der Waals surface area (Å²) < 4.78 is 5.45. The van der Waals surface area contributed by atoms with Gasteiger partial charge >= 0.3 is 11.8 Å². The van der Waals surface area contributed by atoms with Crippen LogP contribution in [0.15, 0.2) is 84.9 Å². The van der Waals surface area contributed by atoms with Crippen molar-refractivity contribution in [1.82, 2.24) is 10.2 Å². The third kappa shape index (κ3) is 4.75. The van der Waals surface area contributed by atoms with E-state index in [1.54, 1.807) is 12.0 Å². The van der Waals surface area contributed by atoms with E-state index in [0.29, 0.717) is 26.2 Å². The summed E-state index contributed by atoms with van der Waals surface area (Å²) in [5, 5.41) is 2.94. The van der Waals surface area contributed by atoms with Crippen molar-refractivity contribution < 1.29 is 14.3 Å². The van der Waals surface area contributed by atoms with Crippen LogP contribution in [0.2, 0.25) is 0 Å². The van der Waals surface area contributed by atoms with Gasteiger partial charge in [0.2, 0.25) is 0 Å². The Morgan fingerprint density at radius 2 is 1.31 bits per heavy atom. The van der Waals surface area contributed by atoms with Gasteiger partial charge in [0.05, 0.1) is 18.8 Å². The fraction of sp³-hybridized carbons (Fsp3) is 0.231. The SMILES string of the molecule is COc1ccccc1N1CCN(C(=O)C(=O)NC(c2ccccc2)c2ccccc2)CC1. The Hall–Kier alpha value is -3.80. The minimum absolute atomic E-state index is 0.385. The van der Waals surface area contributed by atoms with E-state index in [0.717, 1.165) is 22.6 Å². The maximum Gasteiger partial charge on any atom is 0.312 e. The molecule has 32 heavy (non-hydrogen) atoms. The minimum Gasteiger partial charge on any atom is -0.495 e. The number of carbonyl (C=O) groups is 2. The molecule has 1 aliphatic heterocycles. The van der Waals surface area contributed by atoms with Gasteiger partial charge in [-0.2, -0.15) is 0 Å². The van der Waals surface area contributed by atoms with E-state index >= 15 is 0 Å². The average molecular weight is 430 g/mol. The number of benzene rings is 3. The number of hydrogen-bond donors (Lipinski definition) is 1. The van der Waals surface area contributed by atoms with Gasteiger partial charge < -0.3 is 19.9 Å². The van der Waals surface area contributed by atoms with Crippen LogP contribution in [-0.4, -0.2) is 50.0 Å². The summed E-state index contributed by atoms with van der Waals surface area (Å²) in [6.07, 6.45) is 0. The summed E-state index contributed by atoms with van der Waals surface area (Å²) in [6, 6.07) is 26.8. The molecule has 0 bridgehead atoms. The Kier molecular flexibility index (Phi) is 6.70. The molecule has 164 valence electrons. The molecule has 6 heteroatoms. The van der Waals surface area contributed by atoms with Crippen molar-refractivity contribution >= 4 is 17.5 Å². The van der Waals surface area contributed by atoms with E-state index in [-0.39, 0.29) is 6.04 Å². The van der Waals surface area contributed by atoms with Crippen molar-refractivity contribution in [3.05, 3.63) is 96.1 Å². The summed E-state index contributed by atoms with van der Waals surface area (Å²) >= 11 is 0. The topological polar surface area (TPSA) is 61.9 Å². The highest BCUT2D eigenvalue weighted by molar-refractivity contribution is 6.35. The lowest BCUT2D eigenvalue weighted by molar-refractivity contribution is -0.146. The molecule has 6 nitrogen and oxygen atoms in total. The van der Waals surface area contributed by atoms with Gasteiger partial charge in [-0.1, -0.05) is 72.8 Å². The van der Waals surface area contributed by atoms with Crippen LogP contribution in [0.1, 0.15) is 17.2 Å². The van der Waals surface area contributed by atoms with Gasteiger partial charge in [-0.05, 0) is 23.3 Å². The van der Waals surface area contributed by atoms with Crippen LogP contribution in [0, 0.1) is 0 Å². The predicted molar refractivity (Wildman–Crippen MR) is 125 cm³/mol. The van der Waals surface area contributed by atoms with Crippen LogP contribution in [0.5, 0.6) is 5.75 Å². The molecule has 1 saturated heterocycles. The number of amides is 2. The van der Waals surface area contributed by atoms with Gasteiger partial charge in [-0.15, -0.1) is 0 Å². The van der Waals surface area contributed by atoms with Crippen LogP contribution in [0.25, 0.3) is 0 Å². The van der Waals surface area contributed by atoms with E-state index in [1.807, 2.05) is 84.9 Å². The molecule has 0 atom stereocenters. The van der Waals surface area contributed by atoms with Crippen molar-refractivity contribution in [3.63, 3.8) is 0 Å². The molecular formula is C26H27N3O3. The zero-order chi connectivity index (χ0) is 22.3. The van der Waals surface area contributed by atoms with E-state index in [1.165, 1.54) is 0 Å². The second kappa shape index (κ2) is 10.0. The number of carbonyl (C=O) groups excluding carboxylic acids is 2. The van der Waals surface area contributed by atoms with E-state index in [4.69, 9.17) is 4.74 Å². The lowest BCUT2D eigenvalue weighted by Crippen LogP contribution is -2.53. The molecule has 0 unspecified atom stereocenters. The third-order valence-electron chi connectivity index (χ3n) is 5.73. The molecule has 0 spiro atoms. The van der Waals surface area contributed by atoms with Gasteiger partial charge in [0.25, 0.3) is 0 Å². The quantitative estimate of drug-likeness (QED) is 0.633. The predicted octanol–water partition coefficient (Wildman–Crippen LogP) is 3.25. The highest BCUT2D eigenvalue weighted by Gasteiger charge is 2.29. The first-order valence-corrected chi connectivity index (χ1v) is 10.7. The number of methoxy groups -OCH3 is 1. The largest absolute Gasteiger partial charge is 0.495 e. The van der Waals surface area contributed by atoms with Crippen LogP contribution in [0.4, 0.5) is 5.69 Å². The van der Waals surface area contributed by atoms with E-state index in [9.17, 15) is 9.59 Å². The molecule has 2 amide bonds. The van der Waals surface area contributed by atoms with E-state index in [2.05, 4.69) is 10.2 Å².